The Morgan fingerprint density at radius 1 is 0.964 bits per heavy atom. The maximum Gasteiger partial charge on any atom is 0.317 e. The molecule has 2 aromatic rings. The average Bonchev–Trinajstić information content (AvgIpc) is 2.67. The monoisotopic (exact) mass is 386 g/mol. The molecule has 0 aliphatic rings. The van der Waals surface area contributed by atoms with Crippen LogP contribution in [0.2, 0.25) is 0 Å². The molecule has 6 nitrogen and oxygen atoms in total. The van der Waals surface area contributed by atoms with E-state index in [-0.39, 0.29) is 6.03 Å². The van der Waals surface area contributed by atoms with Gasteiger partial charge in [0.25, 0.3) is 0 Å². The second-order valence-electron chi connectivity index (χ2n) is 6.79. The van der Waals surface area contributed by atoms with E-state index >= 15 is 0 Å². The van der Waals surface area contributed by atoms with Gasteiger partial charge in [0.2, 0.25) is 0 Å². The summed E-state index contributed by atoms with van der Waals surface area (Å²) < 4.78 is 16.4. The molecule has 2 aromatic carbocycles. The number of nitrogens with one attached hydrogen (secondary N) is 2. The lowest BCUT2D eigenvalue weighted by molar-refractivity contribution is 0.175. The topological polar surface area (TPSA) is 68.8 Å². The second kappa shape index (κ2) is 10.4. The van der Waals surface area contributed by atoms with Gasteiger partial charge in [-0.2, -0.15) is 0 Å². The van der Waals surface area contributed by atoms with Crippen LogP contribution in [-0.2, 0) is 6.42 Å². The van der Waals surface area contributed by atoms with E-state index in [9.17, 15) is 4.79 Å². The maximum atomic E-state index is 12.1. The van der Waals surface area contributed by atoms with Crippen LogP contribution in [0, 0.1) is 0 Å². The summed E-state index contributed by atoms with van der Waals surface area (Å²) in [6, 6.07) is 13.3. The van der Waals surface area contributed by atoms with E-state index in [0.29, 0.717) is 30.4 Å². The lowest BCUT2D eigenvalue weighted by atomic mass is 10.0. The molecule has 1 unspecified atom stereocenters. The highest BCUT2D eigenvalue weighted by Crippen LogP contribution is 2.28. The van der Waals surface area contributed by atoms with Crippen LogP contribution in [0.4, 0.5) is 4.79 Å². The molecular weight excluding hydrogens is 356 g/mol. The number of para-hydroxylation sites is 1. The Labute approximate surface area is 167 Å². The molecule has 2 rings (SSSR count). The molecule has 0 saturated carbocycles. The molecule has 0 aromatic heterocycles. The lowest BCUT2D eigenvalue weighted by Gasteiger charge is -2.20. The Morgan fingerprint density at radius 3 is 2.36 bits per heavy atom. The van der Waals surface area contributed by atoms with Crippen molar-refractivity contribution in [2.45, 2.75) is 39.3 Å². The van der Waals surface area contributed by atoms with E-state index in [4.69, 9.17) is 14.2 Å². The molecular formula is C22H30N2O4. The predicted octanol–water partition coefficient (Wildman–Crippen LogP) is 4.09. The first-order valence-electron chi connectivity index (χ1n) is 9.45. The molecule has 0 heterocycles. The van der Waals surface area contributed by atoms with Gasteiger partial charge < -0.3 is 24.8 Å². The molecule has 6 heteroatoms. The Balaban J connectivity index is 1.81. The van der Waals surface area contributed by atoms with Crippen molar-refractivity contribution in [2.24, 2.45) is 0 Å². The summed E-state index contributed by atoms with van der Waals surface area (Å²) in [5.74, 6) is 2.49. The third-order valence-corrected chi connectivity index (χ3v) is 4.33. The molecule has 2 N–H and O–H groups in total. The SMILES string of the molecule is COc1ccc(CCNC(=O)NC(C)Oc2ccccc2C(C)C)cc1OC. The molecule has 0 aliphatic carbocycles. The fourth-order valence-electron chi connectivity index (χ4n) is 2.88. The average molecular weight is 386 g/mol. The van der Waals surface area contributed by atoms with Gasteiger partial charge in [-0.25, -0.2) is 4.79 Å². The predicted molar refractivity (Wildman–Crippen MR) is 110 cm³/mol. The Hall–Kier alpha value is -2.89. The highest BCUT2D eigenvalue weighted by molar-refractivity contribution is 5.74. The smallest absolute Gasteiger partial charge is 0.317 e. The largest absolute Gasteiger partial charge is 0.493 e. The van der Waals surface area contributed by atoms with Crippen LogP contribution in [0.25, 0.3) is 0 Å². The maximum absolute atomic E-state index is 12.1. The fraction of sp³-hybridized carbons (Fsp3) is 0.409. The molecule has 0 spiro atoms. The molecule has 152 valence electrons. The number of methoxy groups -OCH3 is 2. The number of rotatable bonds is 9. The lowest BCUT2D eigenvalue weighted by Crippen LogP contribution is -2.44. The molecule has 0 saturated heterocycles. The molecule has 28 heavy (non-hydrogen) atoms. The number of carbonyl (C=O) groups excluding carboxylic acids is 1. The van der Waals surface area contributed by atoms with Crippen molar-refractivity contribution in [3.05, 3.63) is 53.6 Å². The molecule has 0 radical (unpaired) electrons. The van der Waals surface area contributed by atoms with Gasteiger partial charge in [0.1, 0.15) is 5.75 Å². The van der Waals surface area contributed by atoms with E-state index in [1.807, 2.05) is 49.4 Å². The first kappa shape index (κ1) is 21.4. The third kappa shape index (κ3) is 6.08. The number of ether oxygens (including phenoxy) is 3. The fourth-order valence-corrected chi connectivity index (χ4v) is 2.88. The standard InChI is InChI=1S/C22H30N2O4/c1-15(2)18-8-6-7-9-19(18)28-16(3)24-22(25)23-13-12-17-10-11-20(26-4)21(14-17)27-5/h6-11,14-16H,12-13H2,1-5H3,(H2,23,24,25). The van der Waals surface area contributed by atoms with Gasteiger partial charge in [0, 0.05) is 6.54 Å². The van der Waals surface area contributed by atoms with E-state index < -0.39 is 6.23 Å². The minimum atomic E-state index is -0.444. The zero-order valence-electron chi connectivity index (χ0n) is 17.2. The van der Waals surface area contributed by atoms with Crippen molar-refractivity contribution in [2.75, 3.05) is 20.8 Å². The van der Waals surface area contributed by atoms with Crippen LogP contribution >= 0.6 is 0 Å². The molecule has 0 bridgehead atoms. The van der Waals surface area contributed by atoms with Crippen LogP contribution < -0.4 is 24.8 Å². The van der Waals surface area contributed by atoms with Crippen molar-refractivity contribution in [1.82, 2.24) is 10.6 Å². The molecule has 1 atom stereocenters. The summed E-state index contributed by atoms with van der Waals surface area (Å²) in [4.78, 5) is 12.1. The van der Waals surface area contributed by atoms with Crippen molar-refractivity contribution in [1.29, 1.82) is 0 Å². The summed E-state index contributed by atoms with van der Waals surface area (Å²) in [7, 11) is 3.21. The van der Waals surface area contributed by atoms with Gasteiger partial charge in [-0.15, -0.1) is 0 Å². The summed E-state index contributed by atoms with van der Waals surface area (Å²) >= 11 is 0. The summed E-state index contributed by atoms with van der Waals surface area (Å²) in [5, 5.41) is 5.65. The van der Waals surface area contributed by atoms with Gasteiger partial charge in [0.15, 0.2) is 17.7 Å². The van der Waals surface area contributed by atoms with Crippen LogP contribution in [0.3, 0.4) is 0 Å². The van der Waals surface area contributed by atoms with Crippen molar-refractivity contribution in [3.8, 4) is 17.2 Å². The number of carbonyl (C=O) groups is 1. The van der Waals surface area contributed by atoms with Gasteiger partial charge in [-0.1, -0.05) is 38.1 Å². The van der Waals surface area contributed by atoms with Crippen LogP contribution in [0.15, 0.2) is 42.5 Å². The van der Waals surface area contributed by atoms with Gasteiger partial charge in [-0.3, -0.25) is 0 Å². The van der Waals surface area contributed by atoms with Gasteiger partial charge in [-0.05, 0) is 48.6 Å². The molecule has 0 aliphatic heterocycles. The van der Waals surface area contributed by atoms with Gasteiger partial charge >= 0.3 is 6.03 Å². The highest BCUT2D eigenvalue weighted by Gasteiger charge is 2.12. The number of urea groups is 1. The Kier molecular flexibility index (Phi) is 7.99. The summed E-state index contributed by atoms with van der Waals surface area (Å²) in [6.07, 6.45) is 0.236. The molecule has 2 amide bonds. The first-order chi connectivity index (χ1) is 13.4. The zero-order valence-corrected chi connectivity index (χ0v) is 17.2. The number of hydrogen-bond donors (Lipinski definition) is 2. The zero-order chi connectivity index (χ0) is 20.5. The van der Waals surface area contributed by atoms with Crippen molar-refractivity contribution >= 4 is 6.03 Å². The number of amides is 2. The highest BCUT2D eigenvalue weighted by atomic mass is 16.5. The van der Waals surface area contributed by atoms with Crippen LogP contribution in [-0.4, -0.2) is 33.0 Å². The van der Waals surface area contributed by atoms with E-state index in [2.05, 4.69) is 24.5 Å². The quantitative estimate of drug-likeness (QED) is 0.637. The number of benzene rings is 2. The second-order valence-corrected chi connectivity index (χ2v) is 6.79. The summed E-state index contributed by atoms with van der Waals surface area (Å²) in [6.45, 7) is 6.53. The summed E-state index contributed by atoms with van der Waals surface area (Å²) in [5.41, 5.74) is 2.16. The Morgan fingerprint density at radius 2 is 1.68 bits per heavy atom. The van der Waals surface area contributed by atoms with Crippen molar-refractivity contribution < 1.29 is 19.0 Å². The third-order valence-electron chi connectivity index (χ3n) is 4.33. The van der Waals surface area contributed by atoms with Crippen molar-refractivity contribution in [3.63, 3.8) is 0 Å². The first-order valence-corrected chi connectivity index (χ1v) is 9.45. The minimum absolute atomic E-state index is 0.269. The number of hydrogen-bond acceptors (Lipinski definition) is 4. The Bertz CT molecular complexity index is 777. The van der Waals surface area contributed by atoms with Gasteiger partial charge in [0.05, 0.1) is 14.2 Å². The van der Waals surface area contributed by atoms with E-state index in [1.165, 1.54) is 0 Å². The van der Waals surface area contributed by atoms with E-state index in [1.54, 1.807) is 14.2 Å². The molecule has 0 fully saturated rings. The minimum Gasteiger partial charge on any atom is -0.493 e. The van der Waals surface area contributed by atoms with Crippen LogP contribution in [0.5, 0.6) is 17.2 Å². The van der Waals surface area contributed by atoms with Crippen LogP contribution in [0.1, 0.15) is 37.8 Å². The van der Waals surface area contributed by atoms with E-state index in [0.717, 1.165) is 16.9 Å². The normalized spacial score (nSPS) is 11.6.